The van der Waals surface area contributed by atoms with E-state index in [1.807, 2.05) is 0 Å². The molecule has 0 saturated heterocycles. The SMILES string of the molecule is O=C(Nc1ccc(F)c(F)c1)c1ccc(NC(=O)c2ccco2)cc1. The standard InChI is InChI=1S/C18H12F2N2O3/c19-14-8-7-13(10-15(14)20)22-17(23)11-3-5-12(6-4-11)21-18(24)16-2-1-9-25-16/h1-10H,(H,21,24)(H,22,23). The Bertz CT molecular complexity index is 907. The molecule has 7 heteroatoms. The van der Waals surface area contributed by atoms with Crippen LogP contribution in [0.3, 0.4) is 0 Å². The van der Waals surface area contributed by atoms with Crippen LogP contribution in [0, 0.1) is 11.6 Å². The number of carbonyl (C=O) groups is 2. The van der Waals surface area contributed by atoms with Crippen molar-refractivity contribution in [1.29, 1.82) is 0 Å². The van der Waals surface area contributed by atoms with E-state index in [2.05, 4.69) is 10.6 Å². The Balaban J connectivity index is 1.66. The fraction of sp³-hybridized carbons (Fsp3) is 0. The highest BCUT2D eigenvalue weighted by Gasteiger charge is 2.11. The van der Waals surface area contributed by atoms with E-state index in [-0.39, 0.29) is 11.4 Å². The molecule has 0 aliphatic heterocycles. The number of rotatable bonds is 4. The minimum Gasteiger partial charge on any atom is -0.459 e. The molecule has 0 aliphatic rings. The minimum atomic E-state index is -1.05. The Morgan fingerprint density at radius 3 is 2.12 bits per heavy atom. The number of amides is 2. The third kappa shape index (κ3) is 3.89. The number of hydrogen-bond acceptors (Lipinski definition) is 3. The maximum Gasteiger partial charge on any atom is 0.291 e. The summed E-state index contributed by atoms with van der Waals surface area (Å²) in [5.74, 6) is -2.78. The number of halogens is 2. The van der Waals surface area contributed by atoms with Crippen molar-refractivity contribution in [3.63, 3.8) is 0 Å². The summed E-state index contributed by atoms with van der Waals surface area (Å²) >= 11 is 0. The fourth-order valence-corrected chi connectivity index (χ4v) is 2.08. The van der Waals surface area contributed by atoms with Gasteiger partial charge in [-0.2, -0.15) is 0 Å². The van der Waals surface area contributed by atoms with Crippen LogP contribution in [0.1, 0.15) is 20.9 Å². The van der Waals surface area contributed by atoms with E-state index in [1.165, 1.54) is 30.5 Å². The molecule has 0 bridgehead atoms. The second kappa shape index (κ2) is 6.96. The van der Waals surface area contributed by atoms with Gasteiger partial charge in [0, 0.05) is 23.0 Å². The van der Waals surface area contributed by atoms with Gasteiger partial charge in [-0.05, 0) is 48.5 Å². The van der Waals surface area contributed by atoms with Gasteiger partial charge in [0.25, 0.3) is 11.8 Å². The van der Waals surface area contributed by atoms with Crippen LogP contribution in [-0.4, -0.2) is 11.8 Å². The van der Waals surface area contributed by atoms with Gasteiger partial charge in [0.15, 0.2) is 17.4 Å². The smallest absolute Gasteiger partial charge is 0.291 e. The molecule has 0 saturated carbocycles. The van der Waals surface area contributed by atoms with Crippen LogP contribution >= 0.6 is 0 Å². The number of benzene rings is 2. The van der Waals surface area contributed by atoms with E-state index in [9.17, 15) is 18.4 Å². The minimum absolute atomic E-state index is 0.138. The van der Waals surface area contributed by atoms with Gasteiger partial charge in [-0.25, -0.2) is 8.78 Å². The summed E-state index contributed by atoms with van der Waals surface area (Å²) < 4.78 is 31.0. The van der Waals surface area contributed by atoms with Gasteiger partial charge >= 0.3 is 0 Å². The van der Waals surface area contributed by atoms with Crippen molar-refractivity contribution in [3.8, 4) is 0 Å². The highest BCUT2D eigenvalue weighted by molar-refractivity contribution is 6.05. The predicted molar refractivity (Wildman–Crippen MR) is 87.4 cm³/mol. The molecule has 25 heavy (non-hydrogen) atoms. The number of anilines is 2. The van der Waals surface area contributed by atoms with E-state index in [0.29, 0.717) is 11.3 Å². The molecular formula is C18H12F2N2O3. The third-order valence-corrected chi connectivity index (χ3v) is 3.33. The first-order valence-corrected chi connectivity index (χ1v) is 7.24. The van der Waals surface area contributed by atoms with E-state index < -0.39 is 23.4 Å². The lowest BCUT2D eigenvalue weighted by atomic mass is 10.2. The summed E-state index contributed by atoms with van der Waals surface area (Å²) in [6.07, 6.45) is 1.39. The van der Waals surface area contributed by atoms with Crippen LogP contribution in [-0.2, 0) is 0 Å². The lowest BCUT2D eigenvalue weighted by Gasteiger charge is -2.07. The van der Waals surface area contributed by atoms with Crippen LogP contribution in [0.15, 0.2) is 65.3 Å². The van der Waals surface area contributed by atoms with E-state index in [0.717, 1.165) is 12.1 Å². The second-order valence-electron chi connectivity index (χ2n) is 5.09. The maximum absolute atomic E-state index is 13.1. The Hall–Kier alpha value is -3.48. The van der Waals surface area contributed by atoms with Crippen LogP contribution < -0.4 is 10.6 Å². The van der Waals surface area contributed by atoms with Gasteiger partial charge in [-0.3, -0.25) is 9.59 Å². The summed E-state index contributed by atoms with van der Waals surface area (Å²) in [5, 5.41) is 5.08. The van der Waals surface area contributed by atoms with Gasteiger partial charge < -0.3 is 15.1 Å². The second-order valence-corrected chi connectivity index (χ2v) is 5.09. The number of hydrogen-bond donors (Lipinski definition) is 2. The summed E-state index contributed by atoms with van der Waals surface area (Å²) in [6, 6.07) is 12.3. The molecule has 0 spiro atoms. The number of furan rings is 1. The van der Waals surface area contributed by atoms with Crippen molar-refractivity contribution in [2.75, 3.05) is 10.6 Å². The monoisotopic (exact) mass is 342 g/mol. The molecule has 1 aromatic heterocycles. The lowest BCUT2D eigenvalue weighted by Crippen LogP contribution is -2.13. The largest absolute Gasteiger partial charge is 0.459 e. The molecule has 0 atom stereocenters. The summed E-state index contributed by atoms with van der Waals surface area (Å²) in [6.45, 7) is 0. The van der Waals surface area contributed by atoms with Crippen molar-refractivity contribution in [2.45, 2.75) is 0 Å². The molecular weight excluding hydrogens is 330 g/mol. The molecule has 2 aromatic carbocycles. The zero-order valence-corrected chi connectivity index (χ0v) is 12.8. The molecule has 0 unspecified atom stereocenters. The van der Waals surface area contributed by atoms with Gasteiger partial charge in [0.2, 0.25) is 0 Å². The summed E-state index contributed by atoms with van der Waals surface area (Å²) in [5.41, 5.74) is 0.908. The van der Waals surface area contributed by atoms with Crippen molar-refractivity contribution in [1.82, 2.24) is 0 Å². The molecule has 3 rings (SSSR count). The molecule has 2 N–H and O–H groups in total. The van der Waals surface area contributed by atoms with Crippen LogP contribution in [0.25, 0.3) is 0 Å². The average Bonchev–Trinajstić information content (AvgIpc) is 3.13. The first-order chi connectivity index (χ1) is 12.0. The van der Waals surface area contributed by atoms with E-state index in [4.69, 9.17) is 4.42 Å². The number of carbonyl (C=O) groups excluding carboxylic acids is 2. The van der Waals surface area contributed by atoms with Gasteiger partial charge in [0.05, 0.1) is 6.26 Å². The zero-order valence-electron chi connectivity index (χ0n) is 12.8. The van der Waals surface area contributed by atoms with Gasteiger partial charge in [0.1, 0.15) is 0 Å². The molecule has 0 radical (unpaired) electrons. The van der Waals surface area contributed by atoms with Crippen LogP contribution in [0.5, 0.6) is 0 Å². The van der Waals surface area contributed by atoms with Crippen LogP contribution in [0.2, 0.25) is 0 Å². The topological polar surface area (TPSA) is 71.3 Å². The Morgan fingerprint density at radius 2 is 1.48 bits per heavy atom. The molecule has 0 fully saturated rings. The Morgan fingerprint density at radius 1 is 0.800 bits per heavy atom. The maximum atomic E-state index is 13.1. The predicted octanol–water partition coefficient (Wildman–Crippen LogP) is 4.06. The number of nitrogens with one attached hydrogen (secondary N) is 2. The van der Waals surface area contributed by atoms with Crippen molar-refractivity contribution >= 4 is 23.2 Å². The quantitative estimate of drug-likeness (QED) is 0.751. The van der Waals surface area contributed by atoms with E-state index in [1.54, 1.807) is 18.2 Å². The van der Waals surface area contributed by atoms with Crippen molar-refractivity contribution < 1.29 is 22.8 Å². The normalized spacial score (nSPS) is 10.3. The first kappa shape index (κ1) is 16.4. The molecule has 3 aromatic rings. The van der Waals surface area contributed by atoms with Crippen molar-refractivity contribution in [2.24, 2.45) is 0 Å². The summed E-state index contributed by atoms with van der Waals surface area (Å²) in [4.78, 5) is 23.9. The highest BCUT2D eigenvalue weighted by Crippen LogP contribution is 2.16. The molecule has 2 amide bonds. The zero-order chi connectivity index (χ0) is 17.8. The first-order valence-electron chi connectivity index (χ1n) is 7.24. The van der Waals surface area contributed by atoms with Gasteiger partial charge in [-0.15, -0.1) is 0 Å². The van der Waals surface area contributed by atoms with Crippen LogP contribution in [0.4, 0.5) is 20.2 Å². The van der Waals surface area contributed by atoms with Gasteiger partial charge in [-0.1, -0.05) is 0 Å². The molecule has 5 nitrogen and oxygen atoms in total. The average molecular weight is 342 g/mol. The highest BCUT2D eigenvalue weighted by atomic mass is 19.2. The Labute approximate surface area is 141 Å². The summed E-state index contributed by atoms with van der Waals surface area (Å²) in [7, 11) is 0. The lowest BCUT2D eigenvalue weighted by molar-refractivity contribution is 0.0995. The molecule has 1 heterocycles. The van der Waals surface area contributed by atoms with Crippen molar-refractivity contribution in [3.05, 3.63) is 83.8 Å². The van der Waals surface area contributed by atoms with E-state index >= 15 is 0 Å². The molecule has 0 aliphatic carbocycles. The fourth-order valence-electron chi connectivity index (χ4n) is 2.08. The Kier molecular flexibility index (Phi) is 4.56. The third-order valence-electron chi connectivity index (χ3n) is 3.33. The molecule has 126 valence electrons.